The maximum absolute atomic E-state index is 11.2. The van der Waals surface area contributed by atoms with E-state index in [1.54, 1.807) is 0 Å². The third-order valence-electron chi connectivity index (χ3n) is 3.50. The molecule has 2 saturated heterocycles. The third kappa shape index (κ3) is 2.53. The molecule has 2 rings (SSSR count). The van der Waals surface area contributed by atoms with E-state index in [1.807, 2.05) is 0 Å². The standard InChI is InChI=1S/C11H20N2O3/c1-8-6-9(2-5-16-8)13-4-3-12-7-10(13)11(14)15/h8-10,12H,2-7H2,1H3,(H,14,15). The summed E-state index contributed by atoms with van der Waals surface area (Å²) in [7, 11) is 0. The predicted molar refractivity (Wildman–Crippen MR) is 59.4 cm³/mol. The number of ether oxygens (including phenoxy) is 1. The molecule has 2 aliphatic rings. The number of aliphatic carboxylic acids is 1. The summed E-state index contributed by atoms with van der Waals surface area (Å²) in [6.45, 7) is 5.08. The molecule has 5 heteroatoms. The first-order valence-electron chi connectivity index (χ1n) is 5.99. The lowest BCUT2D eigenvalue weighted by atomic mass is 9.99. The normalized spacial score (nSPS) is 37.2. The Balaban J connectivity index is 2.01. The molecule has 0 radical (unpaired) electrons. The first-order valence-corrected chi connectivity index (χ1v) is 5.99. The number of hydrogen-bond acceptors (Lipinski definition) is 4. The molecule has 92 valence electrons. The van der Waals surface area contributed by atoms with E-state index in [1.165, 1.54) is 0 Å². The molecule has 3 unspecified atom stereocenters. The van der Waals surface area contributed by atoms with Crippen LogP contribution >= 0.6 is 0 Å². The van der Waals surface area contributed by atoms with E-state index in [2.05, 4.69) is 17.1 Å². The summed E-state index contributed by atoms with van der Waals surface area (Å²) >= 11 is 0. The Morgan fingerprint density at radius 1 is 1.56 bits per heavy atom. The van der Waals surface area contributed by atoms with Crippen molar-refractivity contribution in [3.8, 4) is 0 Å². The Morgan fingerprint density at radius 2 is 2.38 bits per heavy atom. The van der Waals surface area contributed by atoms with E-state index in [-0.39, 0.29) is 12.1 Å². The van der Waals surface area contributed by atoms with E-state index < -0.39 is 5.97 Å². The van der Waals surface area contributed by atoms with Gasteiger partial charge in [-0.3, -0.25) is 9.69 Å². The molecule has 2 heterocycles. The Labute approximate surface area is 95.8 Å². The molecule has 0 saturated carbocycles. The number of hydrogen-bond donors (Lipinski definition) is 2. The van der Waals surface area contributed by atoms with Gasteiger partial charge in [0.2, 0.25) is 0 Å². The lowest BCUT2D eigenvalue weighted by molar-refractivity contribution is -0.146. The van der Waals surface area contributed by atoms with Crippen LogP contribution in [0.15, 0.2) is 0 Å². The monoisotopic (exact) mass is 228 g/mol. The van der Waals surface area contributed by atoms with Crippen LogP contribution in [0.2, 0.25) is 0 Å². The highest BCUT2D eigenvalue weighted by Crippen LogP contribution is 2.21. The molecule has 0 spiro atoms. The number of carbonyl (C=O) groups is 1. The maximum atomic E-state index is 11.2. The van der Waals surface area contributed by atoms with Gasteiger partial charge in [0.05, 0.1) is 6.10 Å². The van der Waals surface area contributed by atoms with Crippen LogP contribution in [0, 0.1) is 0 Å². The van der Waals surface area contributed by atoms with E-state index in [9.17, 15) is 9.90 Å². The largest absolute Gasteiger partial charge is 0.480 e. The minimum absolute atomic E-state index is 0.253. The van der Waals surface area contributed by atoms with Crippen molar-refractivity contribution in [3.63, 3.8) is 0 Å². The Morgan fingerprint density at radius 3 is 3.06 bits per heavy atom. The Bertz CT molecular complexity index is 260. The molecule has 2 fully saturated rings. The lowest BCUT2D eigenvalue weighted by Crippen LogP contribution is -2.59. The minimum Gasteiger partial charge on any atom is -0.480 e. The number of carboxylic acid groups (broad SMARTS) is 1. The fourth-order valence-electron chi connectivity index (χ4n) is 2.66. The number of piperazine rings is 1. The van der Waals surface area contributed by atoms with E-state index in [0.717, 1.165) is 32.5 Å². The van der Waals surface area contributed by atoms with Crippen LogP contribution < -0.4 is 5.32 Å². The number of rotatable bonds is 2. The van der Waals surface area contributed by atoms with Crippen molar-refractivity contribution >= 4 is 5.97 Å². The van der Waals surface area contributed by atoms with Gasteiger partial charge >= 0.3 is 5.97 Å². The summed E-state index contributed by atoms with van der Waals surface area (Å²) in [6, 6.07) is -0.00370. The molecule has 2 N–H and O–H groups in total. The molecule has 0 aromatic carbocycles. The topological polar surface area (TPSA) is 61.8 Å². The Kier molecular flexibility index (Phi) is 3.78. The first kappa shape index (κ1) is 11.8. The second-order valence-electron chi connectivity index (χ2n) is 4.66. The van der Waals surface area contributed by atoms with E-state index in [0.29, 0.717) is 12.6 Å². The van der Waals surface area contributed by atoms with Gasteiger partial charge in [0.25, 0.3) is 0 Å². The highest BCUT2D eigenvalue weighted by Gasteiger charge is 2.35. The van der Waals surface area contributed by atoms with Crippen LogP contribution in [0.4, 0.5) is 0 Å². The maximum Gasteiger partial charge on any atom is 0.322 e. The van der Waals surface area contributed by atoms with E-state index in [4.69, 9.17) is 4.74 Å². The van der Waals surface area contributed by atoms with Gasteiger partial charge in [-0.2, -0.15) is 0 Å². The fourth-order valence-corrected chi connectivity index (χ4v) is 2.66. The van der Waals surface area contributed by atoms with Crippen LogP contribution in [-0.2, 0) is 9.53 Å². The van der Waals surface area contributed by atoms with Crippen molar-refractivity contribution in [2.45, 2.75) is 38.0 Å². The molecule has 5 nitrogen and oxygen atoms in total. The summed E-state index contributed by atoms with van der Waals surface area (Å²) in [5, 5.41) is 12.3. The Hall–Kier alpha value is -0.650. The van der Waals surface area contributed by atoms with Gasteiger partial charge in [-0.15, -0.1) is 0 Å². The molecule has 2 aliphatic heterocycles. The van der Waals surface area contributed by atoms with Crippen molar-refractivity contribution in [3.05, 3.63) is 0 Å². The van der Waals surface area contributed by atoms with Crippen LogP contribution in [0.3, 0.4) is 0 Å². The highest BCUT2D eigenvalue weighted by molar-refractivity contribution is 5.74. The van der Waals surface area contributed by atoms with Gasteiger partial charge in [-0.1, -0.05) is 0 Å². The zero-order chi connectivity index (χ0) is 11.5. The second-order valence-corrected chi connectivity index (χ2v) is 4.66. The van der Waals surface area contributed by atoms with Gasteiger partial charge in [-0.05, 0) is 19.8 Å². The number of carboxylic acids is 1. The SMILES string of the molecule is CC1CC(N2CCNCC2C(=O)O)CCO1. The first-order chi connectivity index (χ1) is 7.68. The van der Waals surface area contributed by atoms with Gasteiger partial charge in [0, 0.05) is 32.3 Å². The summed E-state index contributed by atoms with van der Waals surface area (Å²) in [5.41, 5.74) is 0. The molecule has 0 aliphatic carbocycles. The summed E-state index contributed by atoms with van der Waals surface area (Å²) in [6.07, 6.45) is 2.15. The summed E-state index contributed by atoms with van der Waals surface area (Å²) in [5.74, 6) is -0.716. The van der Waals surface area contributed by atoms with Crippen molar-refractivity contribution in [2.24, 2.45) is 0 Å². The van der Waals surface area contributed by atoms with E-state index >= 15 is 0 Å². The molecular formula is C11H20N2O3. The van der Waals surface area contributed by atoms with Crippen LogP contribution in [0.25, 0.3) is 0 Å². The van der Waals surface area contributed by atoms with Crippen molar-refractivity contribution in [2.75, 3.05) is 26.2 Å². The van der Waals surface area contributed by atoms with Gasteiger partial charge in [0.15, 0.2) is 0 Å². The average Bonchev–Trinajstić information content (AvgIpc) is 2.29. The molecule has 3 atom stereocenters. The second kappa shape index (κ2) is 5.12. The molecule has 0 aromatic rings. The van der Waals surface area contributed by atoms with Crippen molar-refractivity contribution in [1.29, 1.82) is 0 Å². The minimum atomic E-state index is -0.716. The zero-order valence-electron chi connectivity index (χ0n) is 9.69. The van der Waals surface area contributed by atoms with Gasteiger partial charge in [-0.25, -0.2) is 0 Å². The highest BCUT2D eigenvalue weighted by atomic mass is 16.5. The quantitative estimate of drug-likeness (QED) is 0.692. The van der Waals surface area contributed by atoms with Crippen LogP contribution in [0.5, 0.6) is 0 Å². The fraction of sp³-hybridized carbons (Fsp3) is 0.909. The molecule has 0 aromatic heterocycles. The number of nitrogens with zero attached hydrogens (tertiary/aromatic N) is 1. The third-order valence-corrected chi connectivity index (χ3v) is 3.50. The van der Waals surface area contributed by atoms with Crippen LogP contribution in [0.1, 0.15) is 19.8 Å². The van der Waals surface area contributed by atoms with Crippen molar-refractivity contribution < 1.29 is 14.6 Å². The van der Waals surface area contributed by atoms with Gasteiger partial charge in [0.1, 0.15) is 6.04 Å². The summed E-state index contributed by atoms with van der Waals surface area (Å²) < 4.78 is 5.50. The lowest BCUT2D eigenvalue weighted by Gasteiger charge is -2.42. The smallest absolute Gasteiger partial charge is 0.322 e. The summed E-state index contributed by atoms with van der Waals surface area (Å²) in [4.78, 5) is 13.3. The number of nitrogens with one attached hydrogen (secondary N) is 1. The van der Waals surface area contributed by atoms with Gasteiger partial charge < -0.3 is 15.2 Å². The molecule has 0 bridgehead atoms. The van der Waals surface area contributed by atoms with Crippen molar-refractivity contribution in [1.82, 2.24) is 10.2 Å². The molecule has 16 heavy (non-hydrogen) atoms. The molecule has 0 amide bonds. The molecular weight excluding hydrogens is 208 g/mol. The average molecular weight is 228 g/mol. The predicted octanol–water partition coefficient (Wildman–Crippen LogP) is -0.0877. The zero-order valence-corrected chi connectivity index (χ0v) is 9.69. The van der Waals surface area contributed by atoms with Crippen LogP contribution in [-0.4, -0.2) is 60.4 Å².